The van der Waals surface area contributed by atoms with Crippen LogP contribution < -0.4 is 0 Å². The van der Waals surface area contributed by atoms with Gasteiger partial charge in [0.25, 0.3) is 0 Å². The van der Waals surface area contributed by atoms with Crippen LogP contribution in [0.5, 0.6) is 0 Å². The van der Waals surface area contributed by atoms with Crippen LogP contribution in [-0.2, 0) is 0 Å². The highest BCUT2D eigenvalue weighted by Gasteiger charge is 2.20. The number of H-pyrrole nitrogens is 1. The summed E-state index contributed by atoms with van der Waals surface area (Å²) in [7, 11) is 0. The first-order valence-electron chi connectivity index (χ1n) is 7.74. The molecule has 0 aliphatic carbocycles. The normalized spacial score (nSPS) is 12.7. The van der Waals surface area contributed by atoms with Gasteiger partial charge in [-0.3, -0.25) is 0 Å². The van der Waals surface area contributed by atoms with E-state index in [9.17, 15) is 4.39 Å². The molecule has 3 nitrogen and oxygen atoms in total. The van der Waals surface area contributed by atoms with Gasteiger partial charge in [-0.25, -0.2) is 9.97 Å². The molecule has 0 saturated carbocycles. The van der Waals surface area contributed by atoms with Crippen LogP contribution in [0.1, 0.15) is 49.1 Å². The van der Waals surface area contributed by atoms with Crippen molar-refractivity contribution >= 4 is 10.8 Å². The van der Waals surface area contributed by atoms with Crippen molar-refractivity contribution in [3.8, 4) is 0 Å². The van der Waals surface area contributed by atoms with E-state index in [-0.39, 0.29) is 5.92 Å². The fourth-order valence-corrected chi connectivity index (χ4v) is 3.06. The molecule has 1 unspecified atom stereocenters. The number of hydrogen-bond acceptors (Lipinski definition) is 2. The Morgan fingerprint density at radius 2 is 2.14 bits per heavy atom. The Balaban J connectivity index is 2.13. The average Bonchev–Trinajstić information content (AvgIpc) is 2.93. The molecule has 4 heteroatoms. The second-order valence-electron chi connectivity index (χ2n) is 5.67. The van der Waals surface area contributed by atoms with Crippen molar-refractivity contribution in [2.45, 2.75) is 39.0 Å². The summed E-state index contributed by atoms with van der Waals surface area (Å²) in [5, 5.41) is 1.91. The van der Waals surface area contributed by atoms with Gasteiger partial charge in [-0.2, -0.15) is 4.39 Å². The minimum absolute atomic E-state index is 0.235. The second-order valence-corrected chi connectivity index (χ2v) is 5.67. The number of halogens is 1. The summed E-state index contributed by atoms with van der Waals surface area (Å²) in [6.45, 7) is 4.21. The van der Waals surface area contributed by atoms with Gasteiger partial charge in [-0.05, 0) is 24.3 Å². The average molecular weight is 297 g/mol. The molecule has 0 spiro atoms. The van der Waals surface area contributed by atoms with E-state index in [2.05, 4.69) is 27.9 Å². The van der Waals surface area contributed by atoms with E-state index in [4.69, 9.17) is 0 Å². The molecule has 0 bridgehead atoms. The summed E-state index contributed by atoms with van der Waals surface area (Å²) in [5.74, 6) is -0.203. The van der Waals surface area contributed by atoms with Crippen molar-refractivity contribution in [1.82, 2.24) is 15.0 Å². The third kappa shape index (κ3) is 2.73. The highest BCUT2D eigenvalue weighted by Crippen LogP contribution is 2.34. The molecular weight excluding hydrogens is 277 g/mol. The Hall–Kier alpha value is -2.23. The van der Waals surface area contributed by atoms with Crippen molar-refractivity contribution in [2.75, 3.05) is 0 Å². The molecule has 0 aliphatic heterocycles. The number of unbranched alkanes of at least 4 members (excludes halogenated alkanes) is 1. The second kappa shape index (κ2) is 6.26. The van der Waals surface area contributed by atoms with Gasteiger partial charge in [0.05, 0.1) is 12.0 Å². The first kappa shape index (κ1) is 14.7. The van der Waals surface area contributed by atoms with Gasteiger partial charge in [0.1, 0.15) is 0 Å². The first-order chi connectivity index (χ1) is 10.7. The molecule has 2 aromatic heterocycles. The van der Waals surface area contributed by atoms with Gasteiger partial charge in [-0.1, -0.05) is 38.0 Å². The molecule has 0 amide bonds. The summed E-state index contributed by atoms with van der Waals surface area (Å²) >= 11 is 0. The summed E-state index contributed by atoms with van der Waals surface area (Å²) in [6.07, 6.45) is 6.70. The minimum Gasteiger partial charge on any atom is -0.348 e. The van der Waals surface area contributed by atoms with E-state index in [1.807, 2.05) is 19.1 Å². The summed E-state index contributed by atoms with van der Waals surface area (Å²) in [5.41, 5.74) is 3.35. The molecule has 0 radical (unpaired) electrons. The lowest BCUT2D eigenvalue weighted by Gasteiger charge is -2.19. The maximum absolute atomic E-state index is 13.4. The third-order valence-corrected chi connectivity index (χ3v) is 4.20. The Morgan fingerprint density at radius 1 is 1.27 bits per heavy atom. The monoisotopic (exact) mass is 297 g/mol. The molecule has 1 N–H and O–H groups in total. The van der Waals surface area contributed by atoms with E-state index < -0.39 is 5.95 Å². The van der Waals surface area contributed by atoms with Crippen molar-refractivity contribution in [2.24, 2.45) is 0 Å². The van der Waals surface area contributed by atoms with E-state index in [0.717, 1.165) is 41.4 Å². The van der Waals surface area contributed by atoms with Crippen LogP contribution in [0.4, 0.5) is 4.39 Å². The smallest absolute Gasteiger partial charge is 0.213 e. The zero-order valence-electron chi connectivity index (χ0n) is 12.9. The van der Waals surface area contributed by atoms with Crippen LogP contribution in [0.15, 0.2) is 36.8 Å². The maximum Gasteiger partial charge on any atom is 0.213 e. The van der Waals surface area contributed by atoms with Gasteiger partial charge in [0.15, 0.2) is 0 Å². The van der Waals surface area contributed by atoms with Gasteiger partial charge in [0, 0.05) is 29.3 Å². The lowest BCUT2D eigenvalue weighted by atomic mass is 9.87. The minimum atomic E-state index is -0.438. The Labute approximate surface area is 129 Å². The molecular formula is C18H20FN3. The van der Waals surface area contributed by atoms with Gasteiger partial charge >= 0.3 is 0 Å². The lowest BCUT2D eigenvalue weighted by molar-refractivity contribution is 0.586. The molecule has 1 atom stereocenters. The number of rotatable bonds is 5. The predicted molar refractivity (Wildman–Crippen MR) is 86.4 cm³/mol. The number of aromatic nitrogens is 3. The predicted octanol–water partition coefficient (Wildman–Crippen LogP) is 4.73. The van der Waals surface area contributed by atoms with Gasteiger partial charge in [-0.15, -0.1) is 0 Å². The molecule has 0 fully saturated rings. The SMILES string of the molecule is CCCCC(c1[nH]cnc1C)c1cccc2cc(F)ncc12. The van der Waals surface area contributed by atoms with Crippen LogP contribution in [0.2, 0.25) is 0 Å². The topological polar surface area (TPSA) is 41.6 Å². The van der Waals surface area contributed by atoms with Crippen molar-refractivity contribution in [3.63, 3.8) is 0 Å². The number of aromatic amines is 1. The highest BCUT2D eigenvalue weighted by molar-refractivity contribution is 5.85. The lowest BCUT2D eigenvalue weighted by Crippen LogP contribution is -2.05. The number of nitrogens with zero attached hydrogens (tertiary/aromatic N) is 2. The largest absolute Gasteiger partial charge is 0.348 e. The summed E-state index contributed by atoms with van der Waals surface area (Å²) in [4.78, 5) is 11.5. The summed E-state index contributed by atoms with van der Waals surface area (Å²) in [6, 6.07) is 7.53. The van der Waals surface area contributed by atoms with Crippen LogP contribution in [0, 0.1) is 12.9 Å². The fraction of sp³-hybridized carbons (Fsp3) is 0.333. The number of imidazole rings is 1. The number of aryl methyl sites for hydroxylation is 1. The highest BCUT2D eigenvalue weighted by atomic mass is 19.1. The van der Waals surface area contributed by atoms with Crippen LogP contribution in [0.3, 0.4) is 0 Å². The molecule has 0 saturated heterocycles. The maximum atomic E-state index is 13.4. The molecule has 3 aromatic rings. The third-order valence-electron chi connectivity index (χ3n) is 4.20. The molecule has 114 valence electrons. The van der Waals surface area contributed by atoms with E-state index in [1.165, 1.54) is 11.6 Å². The van der Waals surface area contributed by atoms with Crippen molar-refractivity contribution in [3.05, 3.63) is 59.7 Å². The van der Waals surface area contributed by atoms with E-state index in [0.29, 0.717) is 0 Å². The Bertz CT molecular complexity index is 779. The number of hydrogen-bond donors (Lipinski definition) is 1. The molecule has 1 aromatic carbocycles. The van der Waals surface area contributed by atoms with Gasteiger partial charge in [0.2, 0.25) is 5.95 Å². The standard InChI is InChI=1S/C18H20FN3/c1-3-4-7-15(18-12(2)21-11-22-18)14-8-5-6-13-9-17(19)20-10-16(13)14/h5-6,8-11,15H,3-4,7H2,1-2H3,(H,21,22). The zero-order valence-corrected chi connectivity index (χ0v) is 12.9. The van der Waals surface area contributed by atoms with Crippen molar-refractivity contribution in [1.29, 1.82) is 0 Å². The molecule has 2 heterocycles. The first-order valence-corrected chi connectivity index (χ1v) is 7.74. The number of pyridine rings is 1. The molecule has 3 rings (SSSR count). The fourth-order valence-electron chi connectivity index (χ4n) is 3.06. The molecule has 22 heavy (non-hydrogen) atoms. The number of fused-ring (bicyclic) bond motifs is 1. The van der Waals surface area contributed by atoms with E-state index >= 15 is 0 Å². The number of benzene rings is 1. The number of nitrogens with one attached hydrogen (secondary N) is 1. The van der Waals surface area contributed by atoms with Crippen LogP contribution in [0.25, 0.3) is 10.8 Å². The Morgan fingerprint density at radius 3 is 2.86 bits per heavy atom. The van der Waals surface area contributed by atoms with E-state index in [1.54, 1.807) is 12.5 Å². The van der Waals surface area contributed by atoms with Gasteiger partial charge < -0.3 is 4.98 Å². The van der Waals surface area contributed by atoms with Crippen molar-refractivity contribution < 1.29 is 4.39 Å². The zero-order chi connectivity index (χ0) is 15.5. The van der Waals surface area contributed by atoms with Crippen LogP contribution >= 0.6 is 0 Å². The van der Waals surface area contributed by atoms with Crippen LogP contribution in [-0.4, -0.2) is 15.0 Å². The Kier molecular flexibility index (Phi) is 4.18. The molecule has 0 aliphatic rings. The summed E-state index contributed by atoms with van der Waals surface area (Å²) < 4.78 is 13.4. The quantitative estimate of drug-likeness (QED) is 0.692.